The second kappa shape index (κ2) is 9.57. The van der Waals surface area contributed by atoms with Gasteiger partial charge < -0.3 is 14.8 Å². The Kier molecular flexibility index (Phi) is 7.10. The van der Waals surface area contributed by atoms with Crippen molar-refractivity contribution >= 4 is 38.9 Å². The van der Waals surface area contributed by atoms with Crippen molar-refractivity contribution in [2.45, 2.75) is 18.0 Å². The molecule has 9 heteroatoms. The zero-order valence-corrected chi connectivity index (χ0v) is 18.4. The van der Waals surface area contributed by atoms with Crippen molar-refractivity contribution in [2.24, 2.45) is 5.14 Å². The Morgan fingerprint density at radius 1 is 1.00 bits per heavy atom. The van der Waals surface area contributed by atoms with Gasteiger partial charge in [0.25, 0.3) is 0 Å². The van der Waals surface area contributed by atoms with Gasteiger partial charge in [0.05, 0.1) is 12.0 Å². The summed E-state index contributed by atoms with van der Waals surface area (Å²) in [5.74, 6) is 1.17. The summed E-state index contributed by atoms with van der Waals surface area (Å²) in [7, 11) is -2.16. The van der Waals surface area contributed by atoms with E-state index < -0.39 is 10.0 Å². The summed E-state index contributed by atoms with van der Waals surface area (Å²) in [5, 5.41) is 9.44. The molecule has 158 valence electrons. The number of methoxy groups -OCH3 is 1. The van der Waals surface area contributed by atoms with E-state index in [9.17, 15) is 8.42 Å². The van der Waals surface area contributed by atoms with Gasteiger partial charge in [0.15, 0.2) is 11.5 Å². The first-order chi connectivity index (χ1) is 14.3. The van der Waals surface area contributed by atoms with E-state index in [1.807, 2.05) is 24.3 Å². The van der Waals surface area contributed by atoms with Crippen LogP contribution >= 0.6 is 23.2 Å². The van der Waals surface area contributed by atoms with E-state index in [2.05, 4.69) is 5.32 Å². The summed E-state index contributed by atoms with van der Waals surface area (Å²) in [4.78, 5) is 0.0540. The molecule has 0 aliphatic heterocycles. The molecule has 30 heavy (non-hydrogen) atoms. The van der Waals surface area contributed by atoms with Crippen molar-refractivity contribution in [3.63, 3.8) is 0 Å². The van der Waals surface area contributed by atoms with Crippen LogP contribution in [-0.4, -0.2) is 15.5 Å². The quantitative estimate of drug-likeness (QED) is 0.495. The molecule has 0 atom stereocenters. The number of halogens is 2. The number of nitrogens with one attached hydrogen (secondary N) is 1. The zero-order valence-electron chi connectivity index (χ0n) is 16.1. The first-order valence-corrected chi connectivity index (χ1v) is 11.2. The lowest BCUT2D eigenvalue weighted by Crippen LogP contribution is -2.12. The van der Waals surface area contributed by atoms with Gasteiger partial charge in [0, 0.05) is 33.4 Å². The number of sulfonamides is 1. The fourth-order valence-electron chi connectivity index (χ4n) is 2.77. The molecule has 0 bridgehead atoms. The molecule has 0 saturated heterocycles. The SMILES string of the molecule is COc1cccc(CNc2ccc(S(N)(=O)=O)cc2)c1OCc1ccc(Cl)cc1Cl. The van der Waals surface area contributed by atoms with Crippen molar-refractivity contribution in [3.05, 3.63) is 81.8 Å². The zero-order chi connectivity index (χ0) is 21.7. The molecule has 0 unspecified atom stereocenters. The number of primary sulfonamides is 1. The second-order valence-corrected chi connectivity index (χ2v) is 8.80. The molecule has 0 fully saturated rings. The molecule has 3 aromatic rings. The Bertz CT molecular complexity index is 1140. The van der Waals surface area contributed by atoms with Crippen LogP contribution in [0.2, 0.25) is 10.0 Å². The molecule has 0 aromatic heterocycles. The van der Waals surface area contributed by atoms with Crippen LogP contribution in [0.3, 0.4) is 0 Å². The van der Waals surface area contributed by atoms with E-state index in [0.717, 1.165) is 16.8 Å². The average molecular weight is 467 g/mol. The van der Waals surface area contributed by atoms with E-state index in [0.29, 0.717) is 28.1 Å². The number of anilines is 1. The average Bonchev–Trinajstić information content (AvgIpc) is 2.71. The third kappa shape index (κ3) is 5.58. The van der Waals surface area contributed by atoms with Gasteiger partial charge in [-0.05, 0) is 42.5 Å². The van der Waals surface area contributed by atoms with Gasteiger partial charge in [-0.25, -0.2) is 13.6 Å². The predicted octanol–water partition coefficient (Wildman–Crippen LogP) is 4.84. The highest BCUT2D eigenvalue weighted by Gasteiger charge is 2.13. The van der Waals surface area contributed by atoms with Crippen LogP contribution in [0.15, 0.2) is 65.6 Å². The highest BCUT2D eigenvalue weighted by molar-refractivity contribution is 7.89. The van der Waals surface area contributed by atoms with E-state index in [4.69, 9.17) is 37.8 Å². The number of para-hydroxylation sites is 1. The maximum atomic E-state index is 11.4. The summed E-state index contributed by atoms with van der Waals surface area (Å²) in [6.07, 6.45) is 0. The molecule has 3 aromatic carbocycles. The first kappa shape index (κ1) is 22.2. The van der Waals surface area contributed by atoms with Crippen LogP contribution < -0.4 is 19.9 Å². The second-order valence-electron chi connectivity index (χ2n) is 6.40. The molecule has 0 radical (unpaired) electrons. The molecule has 0 amide bonds. The topological polar surface area (TPSA) is 90.6 Å². The minimum Gasteiger partial charge on any atom is -0.493 e. The third-order valence-electron chi connectivity index (χ3n) is 4.33. The van der Waals surface area contributed by atoms with Crippen LogP contribution in [0, 0.1) is 0 Å². The van der Waals surface area contributed by atoms with Gasteiger partial charge in [0.1, 0.15) is 6.61 Å². The Morgan fingerprint density at radius 2 is 1.73 bits per heavy atom. The molecule has 6 nitrogen and oxygen atoms in total. The highest BCUT2D eigenvalue weighted by Crippen LogP contribution is 2.33. The minimum atomic E-state index is -3.73. The Labute approximate surface area is 185 Å². The lowest BCUT2D eigenvalue weighted by atomic mass is 10.1. The summed E-state index contributed by atoms with van der Waals surface area (Å²) >= 11 is 12.2. The molecular weight excluding hydrogens is 447 g/mol. The van der Waals surface area contributed by atoms with E-state index >= 15 is 0 Å². The molecule has 3 rings (SSSR count). The standard InChI is InChI=1S/C21H20Cl2N2O4S/c1-28-20-4-2-3-14(12-25-17-7-9-18(10-8-17)30(24,26)27)21(20)29-13-15-5-6-16(22)11-19(15)23/h2-11,25H,12-13H2,1H3,(H2,24,26,27). The van der Waals surface area contributed by atoms with Crippen molar-refractivity contribution < 1.29 is 17.9 Å². The fraction of sp³-hybridized carbons (Fsp3) is 0.143. The summed E-state index contributed by atoms with van der Waals surface area (Å²) in [5.41, 5.74) is 2.39. The number of nitrogens with two attached hydrogens (primary N) is 1. The smallest absolute Gasteiger partial charge is 0.238 e. The monoisotopic (exact) mass is 466 g/mol. The lowest BCUT2D eigenvalue weighted by molar-refractivity contribution is 0.282. The number of hydrogen-bond acceptors (Lipinski definition) is 5. The lowest BCUT2D eigenvalue weighted by Gasteiger charge is -2.16. The van der Waals surface area contributed by atoms with Gasteiger partial charge in [-0.15, -0.1) is 0 Å². The molecule has 3 N–H and O–H groups in total. The Morgan fingerprint density at radius 3 is 2.37 bits per heavy atom. The predicted molar refractivity (Wildman–Crippen MR) is 119 cm³/mol. The van der Waals surface area contributed by atoms with Crippen molar-refractivity contribution in [3.8, 4) is 11.5 Å². The summed E-state index contributed by atoms with van der Waals surface area (Å²) in [6, 6.07) is 17.0. The van der Waals surface area contributed by atoms with Crippen molar-refractivity contribution in [1.29, 1.82) is 0 Å². The van der Waals surface area contributed by atoms with Crippen LogP contribution in [0.1, 0.15) is 11.1 Å². The van der Waals surface area contributed by atoms with Crippen LogP contribution in [0.5, 0.6) is 11.5 Å². The van der Waals surface area contributed by atoms with Gasteiger partial charge in [-0.3, -0.25) is 0 Å². The summed E-state index contributed by atoms with van der Waals surface area (Å²) in [6.45, 7) is 0.669. The van der Waals surface area contributed by atoms with Crippen LogP contribution in [0.4, 0.5) is 5.69 Å². The van der Waals surface area contributed by atoms with Crippen molar-refractivity contribution in [2.75, 3.05) is 12.4 Å². The maximum Gasteiger partial charge on any atom is 0.238 e. The number of hydrogen-bond donors (Lipinski definition) is 2. The van der Waals surface area contributed by atoms with Gasteiger partial charge in [0.2, 0.25) is 10.0 Å². The Hall–Kier alpha value is -2.45. The fourth-order valence-corrected chi connectivity index (χ4v) is 3.75. The maximum absolute atomic E-state index is 11.4. The molecule has 0 heterocycles. The molecule has 0 spiro atoms. The van der Waals surface area contributed by atoms with Crippen molar-refractivity contribution in [1.82, 2.24) is 0 Å². The minimum absolute atomic E-state index is 0.0540. The first-order valence-electron chi connectivity index (χ1n) is 8.87. The van der Waals surface area contributed by atoms with Gasteiger partial charge in [-0.2, -0.15) is 0 Å². The van der Waals surface area contributed by atoms with E-state index in [-0.39, 0.29) is 11.5 Å². The highest BCUT2D eigenvalue weighted by atomic mass is 35.5. The van der Waals surface area contributed by atoms with Gasteiger partial charge in [-0.1, -0.05) is 41.4 Å². The third-order valence-corrected chi connectivity index (χ3v) is 5.85. The molecule has 0 aliphatic rings. The van der Waals surface area contributed by atoms with E-state index in [1.165, 1.54) is 12.1 Å². The molecular formula is C21H20Cl2N2O4S. The molecule has 0 saturated carbocycles. The van der Waals surface area contributed by atoms with Crippen LogP contribution in [0.25, 0.3) is 0 Å². The summed E-state index contributed by atoms with van der Waals surface area (Å²) < 4.78 is 34.2. The number of rotatable bonds is 8. The normalized spacial score (nSPS) is 11.2. The van der Waals surface area contributed by atoms with E-state index in [1.54, 1.807) is 31.4 Å². The van der Waals surface area contributed by atoms with Gasteiger partial charge >= 0.3 is 0 Å². The number of ether oxygens (including phenoxy) is 2. The Balaban J connectivity index is 1.76. The number of benzene rings is 3. The molecule has 0 aliphatic carbocycles. The largest absolute Gasteiger partial charge is 0.493 e. The van der Waals surface area contributed by atoms with Crippen LogP contribution in [-0.2, 0) is 23.2 Å².